The zero-order valence-electron chi connectivity index (χ0n) is 19.8. The second kappa shape index (κ2) is 10.1. The number of para-hydroxylation sites is 1. The summed E-state index contributed by atoms with van der Waals surface area (Å²) in [5.74, 6) is 0.639. The Bertz CT molecular complexity index is 1130. The van der Waals surface area contributed by atoms with Gasteiger partial charge in [-0.25, -0.2) is 4.79 Å². The van der Waals surface area contributed by atoms with E-state index in [4.69, 9.17) is 9.47 Å². The van der Waals surface area contributed by atoms with Gasteiger partial charge in [0, 0.05) is 49.9 Å². The fraction of sp³-hybridized carbons (Fsp3) is 0.385. The highest BCUT2D eigenvalue weighted by atomic mass is 16.6. The maximum Gasteiger partial charge on any atom is 0.415 e. The van der Waals surface area contributed by atoms with Gasteiger partial charge in [0.25, 0.3) is 0 Å². The minimum absolute atomic E-state index is 0.0377. The average molecular weight is 463 g/mol. The Morgan fingerprint density at radius 2 is 1.74 bits per heavy atom. The van der Waals surface area contributed by atoms with Crippen LogP contribution < -0.4 is 9.64 Å². The lowest BCUT2D eigenvalue weighted by Crippen LogP contribution is -2.48. The molecule has 0 bridgehead atoms. The minimum atomic E-state index is -0.695. The number of likely N-dealkylation sites (tertiary alicyclic amines) is 1. The molecular formula is C26H30N4O4. The summed E-state index contributed by atoms with van der Waals surface area (Å²) in [6, 6.07) is 13.0. The molecule has 8 heteroatoms. The van der Waals surface area contributed by atoms with E-state index in [0.717, 1.165) is 24.0 Å². The Morgan fingerprint density at radius 1 is 1.03 bits per heavy atom. The third-order valence-corrected chi connectivity index (χ3v) is 5.56. The quantitative estimate of drug-likeness (QED) is 0.557. The van der Waals surface area contributed by atoms with Crippen molar-refractivity contribution in [2.45, 2.75) is 45.3 Å². The molecule has 1 fully saturated rings. The Balaban J connectivity index is 1.48. The number of piperidine rings is 1. The van der Waals surface area contributed by atoms with Gasteiger partial charge in [0.1, 0.15) is 24.0 Å². The number of rotatable bonds is 5. The molecule has 1 saturated heterocycles. The van der Waals surface area contributed by atoms with Gasteiger partial charge in [0.2, 0.25) is 5.91 Å². The van der Waals surface area contributed by atoms with Crippen LogP contribution in [0.15, 0.2) is 61.1 Å². The standard InChI is InChI=1S/C26H30N4O4/c1-26(2,3)34-25(32)30(22-8-4-6-19-7-5-13-28-24(19)22)18-23(31)29-16-11-21(12-17-29)33-20-9-14-27-15-10-20/h4-10,13-15,21H,11-12,16-18H2,1-3H3. The number of hydrogen-bond acceptors (Lipinski definition) is 6. The number of benzene rings is 1. The van der Waals surface area contributed by atoms with E-state index in [2.05, 4.69) is 9.97 Å². The van der Waals surface area contributed by atoms with E-state index in [1.165, 1.54) is 4.90 Å². The zero-order valence-corrected chi connectivity index (χ0v) is 19.8. The molecule has 34 heavy (non-hydrogen) atoms. The minimum Gasteiger partial charge on any atom is -0.490 e. The normalized spacial score (nSPS) is 14.6. The van der Waals surface area contributed by atoms with Gasteiger partial charge in [-0.15, -0.1) is 0 Å². The number of ether oxygens (including phenoxy) is 2. The van der Waals surface area contributed by atoms with E-state index in [1.54, 1.807) is 50.3 Å². The van der Waals surface area contributed by atoms with E-state index in [-0.39, 0.29) is 18.6 Å². The fourth-order valence-corrected chi connectivity index (χ4v) is 3.94. The Hall–Kier alpha value is -3.68. The number of nitrogens with zero attached hydrogens (tertiary/aromatic N) is 4. The number of anilines is 1. The number of hydrogen-bond donors (Lipinski definition) is 0. The molecule has 0 unspecified atom stereocenters. The van der Waals surface area contributed by atoms with Crippen molar-refractivity contribution in [1.82, 2.24) is 14.9 Å². The van der Waals surface area contributed by atoms with Gasteiger partial charge in [-0.2, -0.15) is 0 Å². The summed E-state index contributed by atoms with van der Waals surface area (Å²) in [4.78, 5) is 38.0. The highest BCUT2D eigenvalue weighted by Gasteiger charge is 2.30. The van der Waals surface area contributed by atoms with Crippen LogP contribution in [0.2, 0.25) is 0 Å². The Morgan fingerprint density at radius 3 is 2.44 bits per heavy atom. The maximum absolute atomic E-state index is 13.3. The lowest BCUT2D eigenvalue weighted by atomic mass is 10.1. The Kier molecular flexibility index (Phi) is 6.95. The van der Waals surface area contributed by atoms with Crippen LogP contribution in [0, 0.1) is 0 Å². The van der Waals surface area contributed by atoms with E-state index in [0.29, 0.717) is 24.3 Å². The first kappa shape index (κ1) is 23.5. The van der Waals surface area contributed by atoms with E-state index in [9.17, 15) is 9.59 Å². The summed E-state index contributed by atoms with van der Waals surface area (Å²) >= 11 is 0. The molecule has 0 atom stereocenters. The maximum atomic E-state index is 13.3. The van der Waals surface area contributed by atoms with Crippen molar-refractivity contribution in [2.75, 3.05) is 24.5 Å². The first-order valence-corrected chi connectivity index (χ1v) is 11.5. The number of aromatic nitrogens is 2. The second-order valence-electron chi connectivity index (χ2n) is 9.30. The van der Waals surface area contributed by atoms with Crippen LogP contribution in [0.5, 0.6) is 5.75 Å². The Labute approximate surface area is 199 Å². The molecule has 1 aliphatic rings. The first-order valence-electron chi connectivity index (χ1n) is 11.5. The zero-order chi connectivity index (χ0) is 24.1. The molecule has 1 aliphatic heterocycles. The summed E-state index contributed by atoms with van der Waals surface area (Å²) < 4.78 is 11.6. The van der Waals surface area contributed by atoms with Crippen LogP contribution in [-0.2, 0) is 9.53 Å². The first-order chi connectivity index (χ1) is 16.3. The fourth-order valence-electron chi connectivity index (χ4n) is 3.94. The van der Waals surface area contributed by atoms with Gasteiger partial charge >= 0.3 is 6.09 Å². The molecule has 3 heterocycles. The molecule has 0 saturated carbocycles. The molecule has 0 spiro atoms. The lowest BCUT2D eigenvalue weighted by molar-refractivity contribution is -0.131. The summed E-state index contributed by atoms with van der Waals surface area (Å²) in [6.45, 7) is 6.41. The van der Waals surface area contributed by atoms with Crippen molar-refractivity contribution in [1.29, 1.82) is 0 Å². The van der Waals surface area contributed by atoms with Crippen molar-refractivity contribution >= 4 is 28.6 Å². The number of pyridine rings is 2. The van der Waals surface area contributed by atoms with Crippen LogP contribution in [0.3, 0.4) is 0 Å². The molecule has 1 aromatic carbocycles. The van der Waals surface area contributed by atoms with Gasteiger partial charge in [-0.1, -0.05) is 18.2 Å². The van der Waals surface area contributed by atoms with Crippen molar-refractivity contribution in [3.05, 3.63) is 61.1 Å². The summed E-state index contributed by atoms with van der Waals surface area (Å²) in [7, 11) is 0. The van der Waals surface area contributed by atoms with Gasteiger partial charge in [-0.05, 0) is 45.0 Å². The molecular weight excluding hydrogens is 432 g/mol. The SMILES string of the molecule is CC(C)(C)OC(=O)N(CC(=O)N1CCC(Oc2ccncc2)CC1)c1cccc2cccnc12. The molecule has 2 aromatic heterocycles. The average Bonchev–Trinajstić information content (AvgIpc) is 2.82. The van der Waals surface area contributed by atoms with Gasteiger partial charge in [-0.3, -0.25) is 19.7 Å². The van der Waals surface area contributed by atoms with Crippen LogP contribution >= 0.6 is 0 Å². The highest BCUT2D eigenvalue weighted by Crippen LogP contribution is 2.27. The molecule has 0 N–H and O–H groups in total. The summed E-state index contributed by atoms with van der Waals surface area (Å²) in [5, 5.41) is 0.884. The van der Waals surface area contributed by atoms with Crippen molar-refractivity contribution < 1.29 is 19.1 Å². The largest absolute Gasteiger partial charge is 0.490 e. The number of amides is 2. The third-order valence-electron chi connectivity index (χ3n) is 5.56. The molecule has 3 aromatic rings. The number of carbonyl (C=O) groups is 2. The van der Waals surface area contributed by atoms with E-state index in [1.807, 2.05) is 36.4 Å². The van der Waals surface area contributed by atoms with Gasteiger partial charge in [0.15, 0.2) is 0 Å². The van der Waals surface area contributed by atoms with E-state index >= 15 is 0 Å². The summed E-state index contributed by atoms with van der Waals surface area (Å²) in [5.41, 5.74) is 0.503. The molecule has 0 radical (unpaired) electrons. The van der Waals surface area contributed by atoms with Crippen LogP contribution in [0.1, 0.15) is 33.6 Å². The van der Waals surface area contributed by atoms with Crippen molar-refractivity contribution in [3.63, 3.8) is 0 Å². The van der Waals surface area contributed by atoms with Gasteiger partial charge < -0.3 is 14.4 Å². The molecule has 2 amide bonds. The van der Waals surface area contributed by atoms with Crippen LogP contribution in [0.4, 0.5) is 10.5 Å². The summed E-state index contributed by atoms with van der Waals surface area (Å²) in [6.07, 6.45) is 5.97. The second-order valence-corrected chi connectivity index (χ2v) is 9.30. The lowest BCUT2D eigenvalue weighted by Gasteiger charge is -2.34. The predicted molar refractivity (Wildman–Crippen MR) is 130 cm³/mol. The topological polar surface area (TPSA) is 84.9 Å². The number of carbonyl (C=O) groups excluding carboxylic acids is 2. The molecule has 4 rings (SSSR count). The van der Waals surface area contributed by atoms with Crippen LogP contribution in [-0.4, -0.2) is 58.2 Å². The molecule has 8 nitrogen and oxygen atoms in total. The van der Waals surface area contributed by atoms with Crippen molar-refractivity contribution in [3.8, 4) is 5.75 Å². The molecule has 0 aliphatic carbocycles. The van der Waals surface area contributed by atoms with Crippen LogP contribution in [0.25, 0.3) is 10.9 Å². The highest BCUT2D eigenvalue weighted by molar-refractivity contribution is 6.02. The van der Waals surface area contributed by atoms with E-state index < -0.39 is 11.7 Å². The smallest absolute Gasteiger partial charge is 0.415 e. The van der Waals surface area contributed by atoms with Gasteiger partial charge in [0.05, 0.1) is 11.2 Å². The predicted octanol–water partition coefficient (Wildman–Crippen LogP) is 4.44. The number of fused-ring (bicyclic) bond motifs is 1. The monoisotopic (exact) mass is 462 g/mol. The molecule has 178 valence electrons. The third kappa shape index (κ3) is 5.81. The van der Waals surface area contributed by atoms with Crippen molar-refractivity contribution in [2.24, 2.45) is 0 Å².